The summed E-state index contributed by atoms with van der Waals surface area (Å²) in [5.74, 6) is 1.88. The number of H-pyrrole nitrogens is 1. The number of nitrogens with one attached hydrogen (secondary N) is 1. The van der Waals surface area contributed by atoms with Crippen molar-refractivity contribution in [3.8, 4) is 78.7 Å². The van der Waals surface area contributed by atoms with Gasteiger partial charge < -0.3 is 4.98 Å². The zero-order valence-electron chi connectivity index (χ0n) is 29.9. The third kappa shape index (κ3) is 6.26. The van der Waals surface area contributed by atoms with Crippen molar-refractivity contribution in [2.75, 3.05) is 0 Å². The van der Waals surface area contributed by atoms with Crippen LogP contribution in [-0.2, 0) is 0 Å². The van der Waals surface area contributed by atoms with Gasteiger partial charge >= 0.3 is 0 Å². The van der Waals surface area contributed by atoms with Crippen LogP contribution in [0.15, 0.2) is 200 Å². The topological polar surface area (TPSA) is 54.5 Å². The lowest BCUT2D eigenvalue weighted by Gasteiger charge is -2.13. The quantitative estimate of drug-likeness (QED) is 0.180. The van der Waals surface area contributed by atoms with E-state index in [9.17, 15) is 0 Å². The summed E-state index contributed by atoms with van der Waals surface area (Å²) in [5, 5.41) is 2.41. The van der Waals surface area contributed by atoms with E-state index in [1.54, 1.807) is 0 Å². The minimum atomic E-state index is 0.623. The Balaban J connectivity index is 1.10. The third-order valence-corrected chi connectivity index (χ3v) is 10.2. The molecule has 8 aromatic carbocycles. The average Bonchev–Trinajstić information content (AvgIpc) is 3.66. The van der Waals surface area contributed by atoms with Gasteiger partial charge in [0.05, 0.1) is 0 Å². The lowest BCUT2D eigenvalue weighted by atomic mass is 9.93. The van der Waals surface area contributed by atoms with Gasteiger partial charge in [-0.3, -0.25) is 0 Å². The molecule has 0 saturated heterocycles. The van der Waals surface area contributed by atoms with Crippen molar-refractivity contribution in [3.63, 3.8) is 0 Å². The van der Waals surface area contributed by atoms with E-state index >= 15 is 0 Å². The Hall–Kier alpha value is -7.43. The van der Waals surface area contributed by atoms with Crippen LogP contribution in [0.2, 0.25) is 0 Å². The Labute approximate surface area is 319 Å². The molecule has 0 amide bonds. The van der Waals surface area contributed by atoms with Gasteiger partial charge in [0.15, 0.2) is 17.5 Å². The number of hydrogen-bond donors (Lipinski definition) is 1. The summed E-state index contributed by atoms with van der Waals surface area (Å²) in [4.78, 5) is 18.9. The van der Waals surface area contributed by atoms with Gasteiger partial charge in [0.2, 0.25) is 0 Å². The molecule has 1 N–H and O–H groups in total. The van der Waals surface area contributed by atoms with Gasteiger partial charge in [-0.05, 0) is 87.0 Å². The van der Waals surface area contributed by atoms with Crippen LogP contribution in [0.5, 0.6) is 0 Å². The first kappa shape index (κ1) is 32.2. The minimum Gasteiger partial charge on any atom is -0.354 e. The van der Waals surface area contributed by atoms with Crippen LogP contribution in [0, 0.1) is 0 Å². The summed E-state index contributed by atoms with van der Waals surface area (Å²) in [6.45, 7) is 0. The molecule has 0 aliphatic carbocycles. The molecular formula is C51H34N4. The lowest BCUT2D eigenvalue weighted by Crippen LogP contribution is -2.00. The van der Waals surface area contributed by atoms with Gasteiger partial charge in [-0.15, -0.1) is 0 Å². The highest BCUT2D eigenvalue weighted by molar-refractivity contribution is 6.14. The van der Waals surface area contributed by atoms with Gasteiger partial charge in [0, 0.05) is 38.5 Å². The summed E-state index contributed by atoms with van der Waals surface area (Å²) in [7, 11) is 0. The second-order valence-electron chi connectivity index (χ2n) is 13.8. The number of aromatic amines is 1. The molecular weight excluding hydrogens is 669 g/mol. The van der Waals surface area contributed by atoms with Gasteiger partial charge in [-0.25, -0.2) is 15.0 Å². The molecule has 10 rings (SSSR count). The van der Waals surface area contributed by atoms with Crippen LogP contribution in [0.1, 0.15) is 0 Å². The Morgan fingerprint density at radius 1 is 0.273 bits per heavy atom. The van der Waals surface area contributed by atoms with Crippen molar-refractivity contribution in [2.45, 2.75) is 0 Å². The Morgan fingerprint density at radius 2 is 0.673 bits per heavy atom. The van der Waals surface area contributed by atoms with Crippen LogP contribution in [0.25, 0.3) is 100 Å². The largest absolute Gasteiger partial charge is 0.354 e. The molecule has 258 valence electrons. The second kappa shape index (κ2) is 13.8. The van der Waals surface area contributed by atoms with Gasteiger partial charge in [-0.2, -0.15) is 0 Å². The summed E-state index contributed by atoms with van der Waals surface area (Å²) in [6, 6.07) is 70.1. The molecule has 55 heavy (non-hydrogen) atoms. The zero-order valence-corrected chi connectivity index (χ0v) is 29.9. The first-order valence-corrected chi connectivity index (χ1v) is 18.5. The molecule has 10 aromatic rings. The van der Waals surface area contributed by atoms with Crippen LogP contribution < -0.4 is 0 Å². The zero-order chi connectivity index (χ0) is 36.6. The minimum absolute atomic E-state index is 0.623. The number of rotatable bonds is 7. The number of aromatic nitrogens is 4. The maximum Gasteiger partial charge on any atom is 0.164 e. The lowest BCUT2D eigenvalue weighted by molar-refractivity contribution is 1.07. The van der Waals surface area contributed by atoms with Crippen LogP contribution >= 0.6 is 0 Å². The number of nitrogens with zero attached hydrogens (tertiary/aromatic N) is 3. The summed E-state index contributed by atoms with van der Waals surface area (Å²) >= 11 is 0. The van der Waals surface area contributed by atoms with Crippen LogP contribution in [0.3, 0.4) is 0 Å². The summed E-state index contributed by atoms with van der Waals surface area (Å²) in [5.41, 5.74) is 14.2. The molecule has 4 nitrogen and oxygen atoms in total. The van der Waals surface area contributed by atoms with Crippen molar-refractivity contribution in [2.24, 2.45) is 0 Å². The molecule has 0 spiro atoms. The fourth-order valence-electron chi connectivity index (χ4n) is 7.55. The molecule has 2 aromatic heterocycles. The maximum atomic E-state index is 5.17. The molecule has 2 heterocycles. The average molecular weight is 703 g/mol. The van der Waals surface area contributed by atoms with Crippen LogP contribution in [0.4, 0.5) is 0 Å². The predicted octanol–water partition coefficient (Wildman–Crippen LogP) is 13.2. The molecule has 4 heteroatoms. The van der Waals surface area contributed by atoms with E-state index in [0.29, 0.717) is 17.5 Å². The summed E-state index contributed by atoms with van der Waals surface area (Å²) in [6.07, 6.45) is 0. The van der Waals surface area contributed by atoms with E-state index in [2.05, 4.69) is 175 Å². The van der Waals surface area contributed by atoms with Crippen molar-refractivity contribution >= 4 is 21.8 Å². The monoisotopic (exact) mass is 702 g/mol. The van der Waals surface area contributed by atoms with Crippen LogP contribution in [-0.4, -0.2) is 19.9 Å². The van der Waals surface area contributed by atoms with E-state index in [1.165, 1.54) is 33.0 Å². The normalized spacial score (nSPS) is 11.3. The molecule has 0 atom stereocenters. The number of benzene rings is 8. The summed E-state index contributed by atoms with van der Waals surface area (Å²) < 4.78 is 0. The maximum absolute atomic E-state index is 5.17. The SMILES string of the molecule is c1ccc(-c2cc(-c3ccccc3)cc(-c3cccc(-c4nc(-c5ccccc5)nc(-c5cccc(-c6cccc7[nH]c8ccccc8c67)c5)n4)c3)c2)cc1. The molecule has 0 aliphatic rings. The fourth-order valence-corrected chi connectivity index (χ4v) is 7.55. The van der Waals surface area contributed by atoms with E-state index in [1.807, 2.05) is 30.3 Å². The molecule has 0 bridgehead atoms. The fraction of sp³-hybridized carbons (Fsp3) is 0. The Morgan fingerprint density at radius 3 is 1.29 bits per heavy atom. The highest BCUT2D eigenvalue weighted by Gasteiger charge is 2.16. The van der Waals surface area contributed by atoms with E-state index in [0.717, 1.165) is 50.0 Å². The van der Waals surface area contributed by atoms with E-state index < -0.39 is 0 Å². The first-order valence-electron chi connectivity index (χ1n) is 18.5. The standard InChI is InChI=1S/C51H34N4/c1-4-15-34(16-5-1)41-31-42(35-17-6-2-7-18-35)33-43(32-41)37-21-12-23-39(29-37)50-53-49(36-19-8-3-9-20-36)54-51(55-50)40-24-13-22-38(30-40)44-26-14-28-47-48(44)45-25-10-11-27-46(45)52-47/h1-33,52H. The number of hydrogen-bond acceptors (Lipinski definition) is 3. The molecule has 0 radical (unpaired) electrons. The number of para-hydroxylation sites is 1. The van der Waals surface area contributed by atoms with E-state index in [-0.39, 0.29) is 0 Å². The molecule has 0 saturated carbocycles. The van der Waals surface area contributed by atoms with E-state index in [4.69, 9.17) is 15.0 Å². The Bertz CT molecular complexity index is 2910. The second-order valence-corrected chi connectivity index (χ2v) is 13.8. The molecule has 0 fully saturated rings. The Kier molecular flexibility index (Phi) is 8.12. The van der Waals surface area contributed by atoms with Crippen molar-refractivity contribution in [1.82, 2.24) is 19.9 Å². The van der Waals surface area contributed by atoms with Gasteiger partial charge in [0.1, 0.15) is 0 Å². The highest BCUT2D eigenvalue weighted by Crippen LogP contribution is 2.37. The third-order valence-electron chi connectivity index (χ3n) is 10.2. The molecule has 0 unspecified atom stereocenters. The van der Waals surface area contributed by atoms with Gasteiger partial charge in [-0.1, -0.05) is 158 Å². The first-order chi connectivity index (χ1) is 27.2. The van der Waals surface area contributed by atoms with Gasteiger partial charge in [0.25, 0.3) is 0 Å². The van der Waals surface area contributed by atoms with Crippen molar-refractivity contribution < 1.29 is 0 Å². The van der Waals surface area contributed by atoms with Crippen molar-refractivity contribution in [1.29, 1.82) is 0 Å². The molecule has 0 aliphatic heterocycles. The smallest absolute Gasteiger partial charge is 0.164 e. The van der Waals surface area contributed by atoms with Crippen molar-refractivity contribution in [3.05, 3.63) is 200 Å². The highest BCUT2D eigenvalue weighted by atomic mass is 15.0. The number of fused-ring (bicyclic) bond motifs is 3. The predicted molar refractivity (Wildman–Crippen MR) is 227 cm³/mol.